The monoisotopic (exact) mass is 287 g/mol. The van der Waals surface area contributed by atoms with Crippen molar-refractivity contribution in [2.45, 2.75) is 6.42 Å². The molecule has 6 heteroatoms. The normalized spacial score (nSPS) is 10.7. The molecule has 0 atom stereocenters. The number of hydrogen-bond acceptors (Lipinski definition) is 5. The van der Waals surface area contributed by atoms with E-state index in [1.165, 1.54) is 6.07 Å². The minimum Gasteiger partial charge on any atom is -0.507 e. The predicted octanol–water partition coefficient (Wildman–Crippen LogP) is 3.08. The summed E-state index contributed by atoms with van der Waals surface area (Å²) in [7, 11) is 0. The number of pyridine rings is 1. The number of aromatic hydroxyl groups is 1. The lowest BCUT2D eigenvalue weighted by Gasteiger charge is -1.98. The Morgan fingerprint density at radius 2 is 1.95 bits per heavy atom. The van der Waals surface area contributed by atoms with Gasteiger partial charge in [0.25, 0.3) is 5.89 Å². The molecule has 0 bridgehead atoms. The first-order chi connectivity index (χ1) is 9.72. The van der Waals surface area contributed by atoms with Crippen molar-refractivity contribution in [2.75, 3.05) is 0 Å². The highest BCUT2D eigenvalue weighted by atomic mass is 35.5. The van der Waals surface area contributed by atoms with E-state index in [4.69, 9.17) is 16.1 Å². The number of halogens is 1. The van der Waals surface area contributed by atoms with Gasteiger partial charge in [-0.05, 0) is 35.9 Å². The molecule has 0 unspecified atom stereocenters. The van der Waals surface area contributed by atoms with Crippen molar-refractivity contribution < 1.29 is 9.63 Å². The molecule has 3 aromatic rings. The zero-order valence-corrected chi connectivity index (χ0v) is 11.1. The molecule has 1 aromatic carbocycles. The molecule has 0 amide bonds. The van der Waals surface area contributed by atoms with E-state index in [-0.39, 0.29) is 11.6 Å². The van der Waals surface area contributed by atoms with Crippen molar-refractivity contribution in [1.29, 1.82) is 0 Å². The maximum absolute atomic E-state index is 9.82. The van der Waals surface area contributed by atoms with E-state index in [2.05, 4.69) is 15.1 Å². The summed E-state index contributed by atoms with van der Waals surface area (Å²) >= 11 is 5.78. The van der Waals surface area contributed by atoms with Crippen LogP contribution >= 0.6 is 11.6 Å². The quantitative estimate of drug-likeness (QED) is 0.801. The summed E-state index contributed by atoms with van der Waals surface area (Å²) in [6, 6.07) is 8.50. The summed E-state index contributed by atoms with van der Waals surface area (Å²) in [6.45, 7) is 0. The molecule has 0 radical (unpaired) electrons. The molecule has 5 nitrogen and oxygen atoms in total. The van der Waals surface area contributed by atoms with Crippen LogP contribution in [0.5, 0.6) is 5.75 Å². The van der Waals surface area contributed by atoms with E-state index in [0.29, 0.717) is 22.8 Å². The van der Waals surface area contributed by atoms with E-state index in [0.717, 1.165) is 5.56 Å². The zero-order chi connectivity index (χ0) is 13.9. The molecule has 2 aromatic heterocycles. The van der Waals surface area contributed by atoms with Gasteiger partial charge in [-0.15, -0.1) is 0 Å². The molecule has 3 rings (SSSR count). The van der Waals surface area contributed by atoms with Gasteiger partial charge < -0.3 is 9.63 Å². The Kier molecular flexibility index (Phi) is 3.35. The second kappa shape index (κ2) is 5.30. The second-order valence-electron chi connectivity index (χ2n) is 4.21. The van der Waals surface area contributed by atoms with Crippen molar-refractivity contribution in [3.63, 3.8) is 0 Å². The second-order valence-corrected chi connectivity index (χ2v) is 4.65. The van der Waals surface area contributed by atoms with Crippen molar-refractivity contribution in [2.24, 2.45) is 0 Å². The highest BCUT2D eigenvalue weighted by molar-refractivity contribution is 6.30. The smallest absolute Gasteiger partial charge is 0.261 e. The number of hydrogen-bond donors (Lipinski definition) is 1. The van der Waals surface area contributed by atoms with E-state index in [1.807, 2.05) is 12.1 Å². The van der Waals surface area contributed by atoms with Crippen LogP contribution in [0.2, 0.25) is 5.02 Å². The van der Waals surface area contributed by atoms with Crippen LogP contribution in [0.4, 0.5) is 0 Å². The first-order valence-electron chi connectivity index (χ1n) is 5.93. The standard InChI is InChI=1S/C14H10ClN3O2/c15-10-1-2-11(12(19)8-10)14-17-13(18-20-14)7-9-3-5-16-6-4-9/h1-6,8,19H,7H2. The van der Waals surface area contributed by atoms with Crippen LogP contribution in [-0.2, 0) is 6.42 Å². The number of nitrogens with zero attached hydrogens (tertiary/aromatic N) is 3. The Balaban J connectivity index is 1.87. The average molecular weight is 288 g/mol. The lowest BCUT2D eigenvalue weighted by molar-refractivity contribution is 0.418. The van der Waals surface area contributed by atoms with Gasteiger partial charge >= 0.3 is 0 Å². The topological polar surface area (TPSA) is 72.0 Å². The highest BCUT2D eigenvalue weighted by Gasteiger charge is 2.13. The summed E-state index contributed by atoms with van der Waals surface area (Å²) < 4.78 is 5.16. The molecule has 20 heavy (non-hydrogen) atoms. The van der Waals surface area contributed by atoms with Crippen LogP contribution in [0.3, 0.4) is 0 Å². The number of phenols is 1. The van der Waals surface area contributed by atoms with Gasteiger partial charge in [-0.3, -0.25) is 4.98 Å². The van der Waals surface area contributed by atoms with Crippen LogP contribution in [-0.4, -0.2) is 20.2 Å². The van der Waals surface area contributed by atoms with Crippen LogP contribution < -0.4 is 0 Å². The Bertz CT molecular complexity index is 728. The molecular formula is C14H10ClN3O2. The number of benzene rings is 1. The van der Waals surface area contributed by atoms with Crippen molar-refractivity contribution in [3.8, 4) is 17.2 Å². The SMILES string of the molecule is Oc1cc(Cl)ccc1-c1nc(Cc2ccncc2)no1. The predicted molar refractivity (Wildman–Crippen MR) is 73.5 cm³/mol. The largest absolute Gasteiger partial charge is 0.507 e. The van der Waals surface area contributed by atoms with Gasteiger partial charge in [0.1, 0.15) is 5.75 Å². The first kappa shape index (κ1) is 12.6. The molecule has 0 saturated carbocycles. The number of rotatable bonds is 3. The van der Waals surface area contributed by atoms with E-state index in [9.17, 15) is 5.11 Å². The lowest BCUT2D eigenvalue weighted by Crippen LogP contribution is -1.90. The van der Waals surface area contributed by atoms with E-state index in [1.54, 1.807) is 24.5 Å². The maximum Gasteiger partial charge on any atom is 0.261 e. The third-order valence-corrected chi connectivity index (χ3v) is 3.00. The summed E-state index contributed by atoms with van der Waals surface area (Å²) in [6.07, 6.45) is 3.96. The Hall–Kier alpha value is -2.40. The summed E-state index contributed by atoms with van der Waals surface area (Å²) in [5.74, 6) is 0.820. The third kappa shape index (κ3) is 2.62. The molecule has 2 heterocycles. The minimum atomic E-state index is 0.0108. The Morgan fingerprint density at radius 1 is 1.15 bits per heavy atom. The van der Waals surface area contributed by atoms with Crippen molar-refractivity contribution in [3.05, 3.63) is 59.1 Å². The number of aromatic nitrogens is 3. The molecule has 0 spiro atoms. The van der Waals surface area contributed by atoms with Gasteiger partial charge in [0.05, 0.1) is 5.56 Å². The van der Waals surface area contributed by atoms with Crippen molar-refractivity contribution in [1.82, 2.24) is 15.1 Å². The van der Waals surface area contributed by atoms with Crippen LogP contribution in [0.1, 0.15) is 11.4 Å². The van der Waals surface area contributed by atoms with Gasteiger partial charge in [-0.2, -0.15) is 4.98 Å². The summed E-state index contributed by atoms with van der Waals surface area (Å²) in [4.78, 5) is 8.21. The average Bonchev–Trinajstić information content (AvgIpc) is 2.88. The minimum absolute atomic E-state index is 0.0108. The van der Waals surface area contributed by atoms with E-state index >= 15 is 0 Å². The molecule has 0 fully saturated rings. The molecule has 100 valence electrons. The zero-order valence-electron chi connectivity index (χ0n) is 10.3. The van der Waals surface area contributed by atoms with Crippen LogP contribution in [0, 0.1) is 0 Å². The van der Waals surface area contributed by atoms with Gasteiger partial charge in [-0.1, -0.05) is 16.8 Å². The molecule has 0 aliphatic heterocycles. The summed E-state index contributed by atoms with van der Waals surface area (Å²) in [5, 5.41) is 14.2. The highest BCUT2D eigenvalue weighted by Crippen LogP contribution is 2.30. The van der Waals surface area contributed by atoms with Gasteiger partial charge in [-0.25, -0.2) is 0 Å². The van der Waals surface area contributed by atoms with Gasteiger partial charge in [0.2, 0.25) is 0 Å². The Labute approximate surface area is 119 Å². The maximum atomic E-state index is 9.82. The number of phenolic OH excluding ortho intramolecular Hbond substituents is 1. The van der Waals surface area contributed by atoms with E-state index < -0.39 is 0 Å². The fraction of sp³-hybridized carbons (Fsp3) is 0.0714. The lowest BCUT2D eigenvalue weighted by atomic mass is 10.2. The van der Waals surface area contributed by atoms with Crippen LogP contribution in [0.15, 0.2) is 47.2 Å². The fourth-order valence-corrected chi connectivity index (χ4v) is 1.97. The molecule has 0 saturated heterocycles. The third-order valence-electron chi connectivity index (χ3n) is 2.77. The molecule has 0 aliphatic carbocycles. The summed E-state index contributed by atoms with van der Waals surface area (Å²) in [5.41, 5.74) is 1.50. The Morgan fingerprint density at radius 3 is 2.70 bits per heavy atom. The molecule has 0 aliphatic rings. The first-order valence-corrected chi connectivity index (χ1v) is 6.30. The van der Waals surface area contributed by atoms with Gasteiger partial charge in [0.15, 0.2) is 5.82 Å². The fourth-order valence-electron chi connectivity index (χ4n) is 1.80. The van der Waals surface area contributed by atoms with Crippen molar-refractivity contribution >= 4 is 11.6 Å². The molecule has 1 N–H and O–H groups in total. The van der Waals surface area contributed by atoms with Crippen LogP contribution in [0.25, 0.3) is 11.5 Å². The van der Waals surface area contributed by atoms with Gasteiger partial charge in [0, 0.05) is 23.8 Å². The molecular weight excluding hydrogens is 278 g/mol.